The number of H-pyrrole nitrogens is 1. The van der Waals surface area contributed by atoms with Gasteiger partial charge in [0.1, 0.15) is 17.3 Å². The van der Waals surface area contributed by atoms with Crippen LogP contribution in [0.25, 0.3) is 11.0 Å². The van der Waals surface area contributed by atoms with Crippen molar-refractivity contribution in [3.8, 4) is 11.5 Å². The van der Waals surface area contributed by atoms with Gasteiger partial charge < -0.3 is 20.2 Å². The number of ether oxygens (including phenoxy) is 2. The van der Waals surface area contributed by atoms with E-state index in [0.29, 0.717) is 13.2 Å². The van der Waals surface area contributed by atoms with Crippen molar-refractivity contribution in [1.82, 2.24) is 9.97 Å². The molecule has 5 nitrogen and oxygen atoms in total. The summed E-state index contributed by atoms with van der Waals surface area (Å²) in [7, 11) is 0. The van der Waals surface area contributed by atoms with Crippen molar-refractivity contribution in [3.63, 3.8) is 0 Å². The molecule has 0 aliphatic rings. The van der Waals surface area contributed by atoms with Crippen LogP contribution in [0.15, 0.2) is 42.5 Å². The lowest BCUT2D eigenvalue weighted by Crippen LogP contribution is -2.05. The zero-order valence-electron chi connectivity index (χ0n) is 12.5. The average molecular weight is 297 g/mol. The monoisotopic (exact) mass is 297 g/mol. The Hall–Kier alpha value is -2.69. The number of aryl methyl sites for hydroxylation is 1. The quantitative estimate of drug-likeness (QED) is 0.541. The summed E-state index contributed by atoms with van der Waals surface area (Å²) in [6, 6.07) is 13.2. The molecule has 0 spiro atoms. The molecular weight excluding hydrogens is 278 g/mol. The third kappa shape index (κ3) is 3.49. The van der Waals surface area contributed by atoms with Gasteiger partial charge in [0.25, 0.3) is 0 Å². The Labute approximate surface area is 129 Å². The third-order valence-electron chi connectivity index (χ3n) is 3.28. The maximum absolute atomic E-state index is 5.73. The molecule has 0 radical (unpaired) electrons. The first kappa shape index (κ1) is 14.3. The maximum atomic E-state index is 5.73. The Morgan fingerprint density at radius 3 is 2.45 bits per heavy atom. The summed E-state index contributed by atoms with van der Waals surface area (Å²) < 4.78 is 11.4. The van der Waals surface area contributed by atoms with Gasteiger partial charge in [0.15, 0.2) is 0 Å². The van der Waals surface area contributed by atoms with Crippen LogP contribution in [0.5, 0.6) is 11.5 Å². The van der Waals surface area contributed by atoms with Gasteiger partial charge in [-0.3, -0.25) is 0 Å². The van der Waals surface area contributed by atoms with Crippen molar-refractivity contribution in [2.45, 2.75) is 13.3 Å². The lowest BCUT2D eigenvalue weighted by molar-refractivity contribution is 0.247. The molecule has 1 heterocycles. The Morgan fingerprint density at radius 1 is 1.00 bits per heavy atom. The highest BCUT2D eigenvalue weighted by Crippen LogP contribution is 2.19. The smallest absolute Gasteiger partial charge is 0.121 e. The Kier molecular flexibility index (Phi) is 4.14. The van der Waals surface area contributed by atoms with Gasteiger partial charge in [-0.2, -0.15) is 0 Å². The summed E-state index contributed by atoms with van der Waals surface area (Å²) in [6.45, 7) is 3.15. The molecule has 0 amide bonds. The number of anilines is 1. The fourth-order valence-electron chi connectivity index (χ4n) is 2.21. The molecule has 0 unspecified atom stereocenters. The predicted molar refractivity (Wildman–Crippen MR) is 87.3 cm³/mol. The number of nitrogens with two attached hydrogens (primary N) is 1. The second-order valence-corrected chi connectivity index (χ2v) is 5.12. The van der Waals surface area contributed by atoms with Crippen molar-refractivity contribution in [3.05, 3.63) is 48.3 Å². The topological polar surface area (TPSA) is 73.2 Å². The van der Waals surface area contributed by atoms with E-state index in [1.807, 2.05) is 49.4 Å². The largest absolute Gasteiger partial charge is 0.493 e. The Balaban J connectivity index is 1.44. The van der Waals surface area contributed by atoms with Gasteiger partial charge in [0, 0.05) is 18.2 Å². The van der Waals surface area contributed by atoms with Gasteiger partial charge in [0.2, 0.25) is 0 Å². The first-order valence-corrected chi connectivity index (χ1v) is 7.28. The highest BCUT2D eigenvalue weighted by Gasteiger charge is 2.01. The van der Waals surface area contributed by atoms with E-state index in [9.17, 15) is 0 Å². The number of hydrogen-bond acceptors (Lipinski definition) is 4. The summed E-state index contributed by atoms with van der Waals surface area (Å²) in [5.41, 5.74) is 8.31. The van der Waals surface area contributed by atoms with Crippen molar-refractivity contribution in [2.75, 3.05) is 18.9 Å². The molecule has 0 saturated carbocycles. The highest BCUT2D eigenvalue weighted by molar-refractivity contribution is 5.76. The van der Waals surface area contributed by atoms with Crippen molar-refractivity contribution in [2.24, 2.45) is 0 Å². The molecule has 5 heteroatoms. The van der Waals surface area contributed by atoms with E-state index >= 15 is 0 Å². The molecule has 3 aromatic rings. The molecule has 114 valence electrons. The Morgan fingerprint density at radius 2 is 1.68 bits per heavy atom. The summed E-state index contributed by atoms with van der Waals surface area (Å²) in [5, 5.41) is 0. The van der Waals surface area contributed by atoms with Crippen LogP contribution in [0.1, 0.15) is 12.2 Å². The third-order valence-corrected chi connectivity index (χ3v) is 3.28. The van der Waals surface area contributed by atoms with E-state index in [0.717, 1.165) is 40.5 Å². The van der Waals surface area contributed by atoms with Crippen molar-refractivity contribution < 1.29 is 9.47 Å². The van der Waals surface area contributed by atoms with E-state index in [4.69, 9.17) is 15.2 Å². The first-order valence-electron chi connectivity index (χ1n) is 7.28. The van der Waals surface area contributed by atoms with Crippen LogP contribution in [0, 0.1) is 6.92 Å². The van der Waals surface area contributed by atoms with Gasteiger partial charge in [-0.1, -0.05) is 0 Å². The fourth-order valence-corrected chi connectivity index (χ4v) is 2.21. The average Bonchev–Trinajstić information content (AvgIpc) is 2.88. The molecule has 0 saturated heterocycles. The van der Waals surface area contributed by atoms with E-state index in [1.54, 1.807) is 0 Å². The molecule has 1 aromatic heterocycles. The molecule has 22 heavy (non-hydrogen) atoms. The molecule has 0 aliphatic heterocycles. The molecular formula is C17H19N3O2. The molecule has 0 atom stereocenters. The van der Waals surface area contributed by atoms with Crippen LogP contribution in [0.2, 0.25) is 0 Å². The van der Waals surface area contributed by atoms with Gasteiger partial charge in [-0.25, -0.2) is 4.98 Å². The van der Waals surface area contributed by atoms with E-state index < -0.39 is 0 Å². The van der Waals surface area contributed by atoms with Crippen molar-refractivity contribution >= 4 is 16.7 Å². The lowest BCUT2D eigenvalue weighted by Gasteiger charge is -2.08. The number of nitrogens with zero attached hydrogens (tertiary/aromatic N) is 1. The van der Waals surface area contributed by atoms with Crippen LogP contribution in [-0.2, 0) is 0 Å². The van der Waals surface area contributed by atoms with Gasteiger partial charge >= 0.3 is 0 Å². The van der Waals surface area contributed by atoms with E-state index in [2.05, 4.69) is 9.97 Å². The minimum absolute atomic E-state index is 0.605. The molecule has 3 rings (SSSR count). The number of benzene rings is 2. The summed E-state index contributed by atoms with van der Waals surface area (Å²) in [6.07, 6.45) is 0.810. The SMILES string of the molecule is Cc1nc2ccc(OCCCOc3ccc(N)cc3)cc2[nH]1. The van der Waals surface area contributed by atoms with Crippen LogP contribution in [0.4, 0.5) is 5.69 Å². The molecule has 0 aliphatic carbocycles. The van der Waals surface area contributed by atoms with E-state index in [1.165, 1.54) is 0 Å². The molecule has 0 fully saturated rings. The van der Waals surface area contributed by atoms with Gasteiger partial charge in [-0.05, 0) is 43.3 Å². The van der Waals surface area contributed by atoms with Crippen molar-refractivity contribution in [1.29, 1.82) is 0 Å². The summed E-state index contributed by atoms with van der Waals surface area (Å²) in [4.78, 5) is 7.56. The van der Waals surface area contributed by atoms with Crippen LogP contribution < -0.4 is 15.2 Å². The predicted octanol–water partition coefficient (Wildman–Crippen LogP) is 3.30. The Bertz CT molecular complexity index is 750. The molecule has 3 N–H and O–H groups in total. The summed E-state index contributed by atoms with van der Waals surface area (Å²) in [5.74, 6) is 2.57. The number of fused-ring (bicyclic) bond motifs is 1. The van der Waals surface area contributed by atoms with Crippen LogP contribution >= 0.6 is 0 Å². The van der Waals surface area contributed by atoms with E-state index in [-0.39, 0.29) is 0 Å². The first-order chi connectivity index (χ1) is 10.7. The number of rotatable bonds is 6. The number of aromatic nitrogens is 2. The minimum atomic E-state index is 0.605. The van der Waals surface area contributed by atoms with Crippen LogP contribution in [-0.4, -0.2) is 23.2 Å². The number of aromatic amines is 1. The normalized spacial score (nSPS) is 10.8. The zero-order valence-corrected chi connectivity index (χ0v) is 12.5. The highest BCUT2D eigenvalue weighted by atomic mass is 16.5. The second kappa shape index (κ2) is 6.39. The standard InChI is InChI=1S/C17H19N3O2/c1-12-19-16-8-7-15(11-17(16)20-12)22-10-2-9-21-14-5-3-13(18)4-6-14/h3-8,11H,2,9-10,18H2,1H3,(H,19,20). The number of hydrogen-bond donors (Lipinski definition) is 2. The fraction of sp³-hybridized carbons (Fsp3) is 0.235. The number of imidazole rings is 1. The number of nitrogen functional groups attached to an aromatic ring is 1. The number of nitrogens with one attached hydrogen (secondary N) is 1. The lowest BCUT2D eigenvalue weighted by atomic mass is 10.3. The minimum Gasteiger partial charge on any atom is -0.493 e. The van der Waals surface area contributed by atoms with Gasteiger partial charge in [0.05, 0.1) is 24.2 Å². The molecule has 2 aromatic carbocycles. The second-order valence-electron chi connectivity index (χ2n) is 5.12. The molecule has 0 bridgehead atoms. The van der Waals surface area contributed by atoms with Crippen LogP contribution in [0.3, 0.4) is 0 Å². The summed E-state index contributed by atoms with van der Waals surface area (Å²) >= 11 is 0. The zero-order chi connectivity index (χ0) is 15.4. The van der Waals surface area contributed by atoms with Gasteiger partial charge in [-0.15, -0.1) is 0 Å². The maximum Gasteiger partial charge on any atom is 0.121 e.